The van der Waals surface area contributed by atoms with Gasteiger partial charge in [-0.2, -0.15) is 0 Å². The summed E-state index contributed by atoms with van der Waals surface area (Å²) in [5.41, 5.74) is 1.48. The largest absolute Gasteiger partial charge is 0.494 e. The standard InChI is InChI=1S/C18H18N4O4S/c1-26-15-10-12(6-7-14(15)22-9-3-5-17(22)23)21-27(24,25)16-11-20-18-13(16)4-2-8-19-18/h2,4,6-8,10-11,21H,3,5,9H2,1H3,(H,19,20). The van der Waals surface area contributed by atoms with Crippen molar-refractivity contribution in [1.29, 1.82) is 0 Å². The predicted octanol–water partition coefficient (Wildman–Crippen LogP) is 2.50. The number of pyridine rings is 1. The fourth-order valence-electron chi connectivity index (χ4n) is 3.23. The molecule has 0 saturated carbocycles. The fraction of sp³-hybridized carbons (Fsp3) is 0.222. The van der Waals surface area contributed by atoms with E-state index in [-0.39, 0.29) is 10.8 Å². The monoisotopic (exact) mass is 386 g/mol. The summed E-state index contributed by atoms with van der Waals surface area (Å²) in [6, 6.07) is 8.26. The predicted molar refractivity (Wildman–Crippen MR) is 101 cm³/mol. The third-order valence-electron chi connectivity index (χ3n) is 4.50. The van der Waals surface area contributed by atoms with E-state index in [1.54, 1.807) is 41.4 Å². The van der Waals surface area contributed by atoms with Crippen molar-refractivity contribution in [1.82, 2.24) is 9.97 Å². The number of H-pyrrole nitrogens is 1. The van der Waals surface area contributed by atoms with Crippen molar-refractivity contribution in [2.45, 2.75) is 17.7 Å². The van der Waals surface area contributed by atoms with Crippen LogP contribution in [0.4, 0.5) is 11.4 Å². The van der Waals surface area contributed by atoms with Crippen LogP contribution in [0.3, 0.4) is 0 Å². The topological polar surface area (TPSA) is 104 Å². The summed E-state index contributed by atoms with van der Waals surface area (Å²) in [4.78, 5) is 20.7. The molecule has 4 rings (SSSR count). The normalized spacial score (nSPS) is 14.7. The number of amides is 1. The Hall–Kier alpha value is -3.07. The quantitative estimate of drug-likeness (QED) is 0.701. The van der Waals surface area contributed by atoms with E-state index in [1.807, 2.05) is 0 Å². The zero-order valence-corrected chi connectivity index (χ0v) is 15.4. The first-order chi connectivity index (χ1) is 13.0. The molecule has 3 heterocycles. The molecule has 1 aliphatic heterocycles. The fourth-order valence-corrected chi connectivity index (χ4v) is 4.45. The van der Waals surface area contributed by atoms with Gasteiger partial charge in [-0.25, -0.2) is 13.4 Å². The number of rotatable bonds is 5. The molecular formula is C18H18N4O4S. The van der Waals surface area contributed by atoms with Crippen molar-refractivity contribution in [3.05, 3.63) is 42.7 Å². The van der Waals surface area contributed by atoms with Gasteiger partial charge in [0.05, 0.1) is 18.5 Å². The summed E-state index contributed by atoms with van der Waals surface area (Å²) in [6.45, 7) is 0.628. The van der Waals surface area contributed by atoms with Gasteiger partial charge in [-0.05, 0) is 30.7 Å². The van der Waals surface area contributed by atoms with Crippen LogP contribution in [0.2, 0.25) is 0 Å². The lowest BCUT2D eigenvalue weighted by Gasteiger charge is -2.19. The summed E-state index contributed by atoms with van der Waals surface area (Å²) in [5, 5.41) is 0.510. The molecular weight excluding hydrogens is 368 g/mol. The molecule has 1 fully saturated rings. The molecule has 0 unspecified atom stereocenters. The number of nitrogens with one attached hydrogen (secondary N) is 2. The molecule has 0 aliphatic carbocycles. The van der Waals surface area contributed by atoms with Crippen molar-refractivity contribution < 1.29 is 17.9 Å². The van der Waals surface area contributed by atoms with Crippen LogP contribution in [0.25, 0.3) is 11.0 Å². The molecule has 9 heteroatoms. The lowest BCUT2D eigenvalue weighted by Crippen LogP contribution is -2.24. The second-order valence-corrected chi connectivity index (χ2v) is 7.84. The maximum Gasteiger partial charge on any atom is 0.264 e. The van der Waals surface area contributed by atoms with Crippen LogP contribution in [-0.2, 0) is 14.8 Å². The Labute approximate surface area is 156 Å². The highest BCUT2D eigenvalue weighted by molar-refractivity contribution is 7.93. The van der Waals surface area contributed by atoms with Crippen molar-refractivity contribution in [2.24, 2.45) is 0 Å². The highest BCUT2D eigenvalue weighted by Gasteiger charge is 2.25. The van der Waals surface area contributed by atoms with Crippen LogP contribution in [0.1, 0.15) is 12.8 Å². The highest BCUT2D eigenvalue weighted by Crippen LogP contribution is 2.34. The number of fused-ring (bicyclic) bond motifs is 1. The van der Waals surface area contributed by atoms with E-state index in [4.69, 9.17) is 4.74 Å². The number of hydrogen-bond donors (Lipinski definition) is 2. The van der Waals surface area contributed by atoms with E-state index >= 15 is 0 Å². The molecule has 0 radical (unpaired) electrons. The summed E-state index contributed by atoms with van der Waals surface area (Å²) >= 11 is 0. The highest BCUT2D eigenvalue weighted by atomic mass is 32.2. The molecule has 0 atom stereocenters. The van der Waals surface area contributed by atoms with Crippen LogP contribution < -0.4 is 14.4 Å². The van der Waals surface area contributed by atoms with Gasteiger partial charge in [-0.15, -0.1) is 0 Å². The summed E-state index contributed by atoms with van der Waals surface area (Å²) < 4.78 is 33.5. The smallest absolute Gasteiger partial charge is 0.264 e. The Morgan fingerprint density at radius 2 is 2.15 bits per heavy atom. The molecule has 0 bridgehead atoms. The number of carbonyl (C=O) groups is 1. The van der Waals surface area contributed by atoms with Crippen LogP contribution in [0.15, 0.2) is 47.6 Å². The number of benzene rings is 1. The van der Waals surface area contributed by atoms with Gasteiger partial charge in [-0.1, -0.05) is 0 Å². The average Bonchev–Trinajstić information content (AvgIpc) is 3.28. The van der Waals surface area contributed by atoms with Gasteiger partial charge in [0, 0.05) is 36.8 Å². The van der Waals surface area contributed by atoms with Crippen molar-refractivity contribution in [3.8, 4) is 5.75 Å². The molecule has 2 N–H and O–H groups in total. The SMILES string of the molecule is COc1cc(NS(=O)(=O)c2c[nH]c3ncccc23)ccc1N1CCCC1=O. The van der Waals surface area contributed by atoms with E-state index in [2.05, 4.69) is 14.7 Å². The summed E-state index contributed by atoms with van der Waals surface area (Å²) in [5.74, 6) is 0.471. The maximum atomic E-state index is 12.8. The number of sulfonamides is 1. The molecule has 1 aromatic carbocycles. The van der Waals surface area contributed by atoms with Crippen LogP contribution in [-0.4, -0.2) is 37.9 Å². The van der Waals surface area contributed by atoms with Gasteiger partial charge in [0.25, 0.3) is 10.0 Å². The zero-order valence-electron chi connectivity index (χ0n) is 14.6. The number of aromatic amines is 1. The first-order valence-corrected chi connectivity index (χ1v) is 9.91. The van der Waals surface area contributed by atoms with Crippen LogP contribution >= 0.6 is 0 Å². The molecule has 3 aromatic rings. The number of nitrogens with zero attached hydrogens (tertiary/aromatic N) is 2. The van der Waals surface area contributed by atoms with E-state index in [1.165, 1.54) is 13.3 Å². The first kappa shape index (κ1) is 17.3. The van der Waals surface area contributed by atoms with Crippen LogP contribution in [0, 0.1) is 0 Å². The number of methoxy groups -OCH3 is 1. The average molecular weight is 386 g/mol. The van der Waals surface area contributed by atoms with Gasteiger partial charge in [-0.3, -0.25) is 9.52 Å². The molecule has 2 aromatic heterocycles. The molecule has 8 nitrogen and oxygen atoms in total. The minimum atomic E-state index is -3.82. The summed E-state index contributed by atoms with van der Waals surface area (Å²) in [7, 11) is -2.33. The number of carbonyl (C=O) groups excluding carboxylic acids is 1. The lowest BCUT2D eigenvalue weighted by atomic mass is 10.2. The molecule has 140 valence electrons. The van der Waals surface area contributed by atoms with Crippen molar-refractivity contribution >= 4 is 38.3 Å². The zero-order chi connectivity index (χ0) is 19.0. The van der Waals surface area contributed by atoms with E-state index < -0.39 is 10.0 Å². The molecule has 1 aliphatic rings. The van der Waals surface area contributed by atoms with E-state index in [0.29, 0.717) is 41.1 Å². The third kappa shape index (κ3) is 3.10. The Balaban J connectivity index is 1.67. The van der Waals surface area contributed by atoms with Gasteiger partial charge in [0.1, 0.15) is 16.3 Å². The van der Waals surface area contributed by atoms with Gasteiger partial charge >= 0.3 is 0 Å². The van der Waals surface area contributed by atoms with Gasteiger partial charge in [0.15, 0.2) is 0 Å². The molecule has 1 saturated heterocycles. The molecule has 0 spiro atoms. The minimum absolute atomic E-state index is 0.0351. The van der Waals surface area contributed by atoms with Crippen LogP contribution in [0.5, 0.6) is 5.75 Å². The molecule has 27 heavy (non-hydrogen) atoms. The Bertz CT molecular complexity index is 1120. The Kier molecular flexibility index (Phi) is 4.23. The summed E-state index contributed by atoms with van der Waals surface area (Å²) in [6.07, 6.45) is 4.30. The third-order valence-corrected chi connectivity index (χ3v) is 5.92. The minimum Gasteiger partial charge on any atom is -0.494 e. The lowest BCUT2D eigenvalue weighted by molar-refractivity contribution is -0.117. The second-order valence-electron chi connectivity index (χ2n) is 6.19. The second kappa shape index (κ2) is 6.58. The number of ether oxygens (including phenoxy) is 1. The maximum absolute atomic E-state index is 12.8. The number of anilines is 2. The van der Waals surface area contributed by atoms with Gasteiger partial charge < -0.3 is 14.6 Å². The van der Waals surface area contributed by atoms with E-state index in [0.717, 1.165) is 6.42 Å². The van der Waals surface area contributed by atoms with E-state index in [9.17, 15) is 13.2 Å². The molecule has 1 amide bonds. The Morgan fingerprint density at radius 1 is 1.30 bits per heavy atom. The van der Waals surface area contributed by atoms with Gasteiger partial charge in [0.2, 0.25) is 5.91 Å². The number of hydrogen-bond acceptors (Lipinski definition) is 5. The first-order valence-electron chi connectivity index (χ1n) is 8.43. The van der Waals surface area contributed by atoms with Crippen molar-refractivity contribution in [2.75, 3.05) is 23.3 Å². The Morgan fingerprint density at radius 3 is 2.89 bits per heavy atom. The van der Waals surface area contributed by atoms with Crippen molar-refractivity contribution in [3.63, 3.8) is 0 Å². The number of aromatic nitrogens is 2.